The Hall–Kier alpha value is -2.66. The van der Waals surface area contributed by atoms with Crippen LogP contribution in [0.15, 0.2) is 60.9 Å². The summed E-state index contributed by atoms with van der Waals surface area (Å²) in [7, 11) is 0. The fourth-order valence-corrected chi connectivity index (χ4v) is 2.48. The molecule has 2 aromatic rings. The summed E-state index contributed by atoms with van der Waals surface area (Å²) >= 11 is 0. The molecule has 1 heterocycles. The molecule has 2 amide bonds. The fraction of sp³-hybridized carbons (Fsp3) is 0.263. The first-order valence-electron chi connectivity index (χ1n) is 8.10. The summed E-state index contributed by atoms with van der Waals surface area (Å²) in [6.07, 6.45) is 9.39. The van der Waals surface area contributed by atoms with Crippen molar-refractivity contribution in [1.82, 2.24) is 10.0 Å². The van der Waals surface area contributed by atoms with Gasteiger partial charge in [-0.15, -0.1) is 0 Å². The Labute approximate surface area is 142 Å². The molecule has 126 valence electrons. The average Bonchev–Trinajstić information content (AvgIpc) is 2.62. The largest absolute Gasteiger partial charge is 0.350 e. The fourth-order valence-electron chi connectivity index (χ4n) is 2.48. The van der Waals surface area contributed by atoms with Crippen molar-refractivity contribution in [3.8, 4) is 0 Å². The number of unbranched alkanes of at least 4 members (excludes halogenated alkanes) is 3. The van der Waals surface area contributed by atoms with Crippen LogP contribution in [0.4, 0.5) is 4.79 Å². The Morgan fingerprint density at radius 1 is 1.08 bits per heavy atom. The average molecular weight is 325 g/mol. The lowest BCUT2D eigenvalue weighted by Crippen LogP contribution is -2.33. The van der Waals surface area contributed by atoms with Crippen LogP contribution in [-0.2, 0) is 0 Å². The van der Waals surface area contributed by atoms with Crippen molar-refractivity contribution in [3.63, 3.8) is 0 Å². The van der Waals surface area contributed by atoms with Crippen LogP contribution in [0.25, 0.3) is 5.57 Å². The van der Waals surface area contributed by atoms with Gasteiger partial charge in [-0.2, -0.15) is 0 Å². The molecule has 1 aromatic carbocycles. The zero-order valence-electron chi connectivity index (χ0n) is 13.6. The van der Waals surface area contributed by atoms with Crippen molar-refractivity contribution in [1.29, 1.82) is 0 Å². The maximum atomic E-state index is 10.7. The second-order valence-electron chi connectivity index (χ2n) is 5.54. The van der Waals surface area contributed by atoms with E-state index in [1.807, 2.05) is 30.5 Å². The molecule has 0 aliphatic rings. The van der Waals surface area contributed by atoms with E-state index in [-0.39, 0.29) is 6.54 Å². The minimum atomic E-state index is -0.808. The highest BCUT2D eigenvalue weighted by Gasteiger charge is 2.05. The van der Waals surface area contributed by atoms with Gasteiger partial charge in [0.25, 0.3) is 0 Å². The highest BCUT2D eigenvalue weighted by Crippen LogP contribution is 2.23. The van der Waals surface area contributed by atoms with E-state index < -0.39 is 6.03 Å². The molecule has 0 radical (unpaired) electrons. The molecule has 5 heteroatoms. The number of urea groups is 1. The number of hydrogen-bond acceptors (Lipinski definition) is 3. The number of allylic oxidation sites excluding steroid dienone is 1. The molecular weight excluding hydrogens is 302 g/mol. The number of carbonyl (C=O) groups is 1. The van der Waals surface area contributed by atoms with Gasteiger partial charge in [-0.3, -0.25) is 10.2 Å². The standard InChI is InChI=1S/C19H23N3O2/c20-19(23)22(24)14-7-2-1-6-12-18(16-9-4-3-5-10-16)17-11-8-13-21-15-17/h3-5,8-13,15,24H,1-2,6-7,14H2,(H2,20,23)/b18-12+. The lowest BCUT2D eigenvalue weighted by molar-refractivity contribution is -0.0402. The van der Waals surface area contributed by atoms with E-state index in [9.17, 15) is 10.0 Å². The third-order valence-electron chi connectivity index (χ3n) is 3.73. The van der Waals surface area contributed by atoms with Gasteiger partial charge in [-0.1, -0.05) is 48.9 Å². The van der Waals surface area contributed by atoms with E-state index in [0.29, 0.717) is 5.06 Å². The van der Waals surface area contributed by atoms with Gasteiger partial charge >= 0.3 is 6.03 Å². The molecule has 0 saturated heterocycles. The first kappa shape index (κ1) is 17.7. The number of hydrogen-bond donors (Lipinski definition) is 2. The Balaban J connectivity index is 1.94. The summed E-state index contributed by atoms with van der Waals surface area (Å²) in [5.41, 5.74) is 8.40. The first-order valence-corrected chi connectivity index (χ1v) is 8.10. The normalized spacial score (nSPS) is 11.3. The summed E-state index contributed by atoms with van der Waals surface area (Å²) < 4.78 is 0. The molecule has 0 atom stereocenters. The van der Waals surface area contributed by atoms with Crippen molar-refractivity contribution in [3.05, 3.63) is 72.1 Å². The number of amides is 2. The van der Waals surface area contributed by atoms with Crippen LogP contribution < -0.4 is 5.73 Å². The lowest BCUT2D eigenvalue weighted by atomic mass is 9.97. The first-order chi connectivity index (χ1) is 11.7. The summed E-state index contributed by atoms with van der Waals surface area (Å²) in [6.45, 7) is 0.271. The number of aromatic nitrogens is 1. The maximum absolute atomic E-state index is 10.7. The van der Waals surface area contributed by atoms with Crippen LogP contribution in [0.1, 0.15) is 36.8 Å². The van der Waals surface area contributed by atoms with Gasteiger partial charge in [0, 0.05) is 18.0 Å². The van der Waals surface area contributed by atoms with Crippen molar-refractivity contribution in [2.45, 2.75) is 25.7 Å². The minimum Gasteiger partial charge on any atom is -0.350 e. The summed E-state index contributed by atoms with van der Waals surface area (Å²) in [5.74, 6) is 0. The number of rotatable bonds is 8. The Morgan fingerprint density at radius 2 is 1.83 bits per heavy atom. The second kappa shape index (κ2) is 9.47. The van der Waals surface area contributed by atoms with Crippen LogP contribution in [-0.4, -0.2) is 27.8 Å². The Morgan fingerprint density at radius 3 is 2.50 bits per heavy atom. The predicted molar refractivity (Wildman–Crippen MR) is 94.3 cm³/mol. The molecule has 3 N–H and O–H groups in total. The number of primary amides is 1. The van der Waals surface area contributed by atoms with Gasteiger partial charge in [-0.05, 0) is 36.5 Å². The second-order valence-corrected chi connectivity index (χ2v) is 5.54. The molecule has 0 fully saturated rings. The van der Waals surface area contributed by atoms with E-state index in [4.69, 9.17) is 5.73 Å². The number of nitrogens with two attached hydrogens (primary N) is 1. The molecular formula is C19H23N3O2. The van der Waals surface area contributed by atoms with Gasteiger partial charge in [0.1, 0.15) is 0 Å². The van der Waals surface area contributed by atoms with E-state index >= 15 is 0 Å². The zero-order valence-corrected chi connectivity index (χ0v) is 13.6. The maximum Gasteiger partial charge on any atom is 0.338 e. The summed E-state index contributed by atoms with van der Waals surface area (Å²) in [4.78, 5) is 14.9. The summed E-state index contributed by atoms with van der Waals surface area (Å²) in [6, 6.07) is 13.4. The minimum absolute atomic E-state index is 0.271. The molecule has 0 spiro atoms. The SMILES string of the molecule is NC(=O)N(O)CCCCC/C=C(\c1ccccc1)c1cccnc1. The van der Waals surface area contributed by atoms with Crippen molar-refractivity contribution < 1.29 is 10.0 Å². The molecule has 0 saturated carbocycles. The predicted octanol–water partition coefficient (Wildman–Crippen LogP) is 3.84. The highest BCUT2D eigenvalue weighted by atomic mass is 16.5. The quantitative estimate of drug-likeness (QED) is 0.439. The number of carbonyl (C=O) groups excluding carboxylic acids is 1. The van der Waals surface area contributed by atoms with Crippen LogP contribution in [0.2, 0.25) is 0 Å². The number of pyridine rings is 1. The van der Waals surface area contributed by atoms with Crippen LogP contribution >= 0.6 is 0 Å². The van der Waals surface area contributed by atoms with Crippen LogP contribution in [0.5, 0.6) is 0 Å². The van der Waals surface area contributed by atoms with E-state index in [1.54, 1.807) is 6.20 Å². The Bertz CT molecular complexity index is 615. The van der Waals surface area contributed by atoms with Gasteiger partial charge in [0.05, 0.1) is 6.54 Å². The van der Waals surface area contributed by atoms with Crippen molar-refractivity contribution >= 4 is 11.6 Å². The molecule has 5 nitrogen and oxygen atoms in total. The molecule has 2 rings (SSSR count). The lowest BCUT2D eigenvalue weighted by Gasteiger charge is -2.11. The summed E-state index contributed by atoms with van der Waals surface area (Å²) in [5, 5.41) is 9.76. The van der Waals surface area contributed by atoms with Crippen molar-refractivity contribution in [2.24, 2.45) is 5.73 Å². The van der Waals surface area contributed by atoms with Crippen LogP contribution in [0, 0.1) is 0 Å². The molecule has 0 bridgehead atoms. The van der Waals surface area contributed by atoms with Gasteiger partial charge in [0.2, 0.25) is 0 Å². The third kappa shape index (κ3) is 5.52. The number of hydroxylamine groups is 2. The van der Waals surface area contributed by atoms with Gasteiger partial charge < -0.3 is 5.73 Å². The van der Waals surface area contributed by atoms with Gasteiger partial charge in [0.15, 0.2) is 0 Å². The monoisotopic (exact) mass is 325 g/mol. The molecule has 0 aliphatic carbocycles. The molecule has 0 aliphatic heterocycles. The smallest absolute Gasteiger partial charge is 0.338 e. The Kier molecular flexibility index (Phi) is 6.98. The van der Waals surface area contributed by atoms with E-state index in [2.05, 4.69) is 29.3 Å². The van der Waals surface area contributed by atoms with Gasteiger partial charge in [-0.25, -0.2) is 9.86 Å². The number of nitrogens with zero attached hydrogens (tertiary/aromatic N) is 2. The zero-order chi connectivity index (χ0) is 17.2. The van der Waals surface area contributed by atoms with Crippen LogP contribution in [0.3, 0.4) is 0 Å². The van der Waals surface area contributed by atoms with E-state index in [1.165, 1.54) is 11.1 Å². The van der Waals surface area contributed by atoms with E-state index in [0.717, 1.165) is 31.2 Å². The molecule has 24 heavy (non-hydrogen) atoms. The molecule has 0 unspecified atom stereocenters. The third-order valence-corrected chi connectivity index (χ3v) is 3.73. The molecule has 1 aromatic heterocycles. The van der Waals surface area contributed by atoms with Crippen molar-refractivity contribution in [2.75, 3.05) is 6.54 Å². The number of benzene rings is 1. The topological polar surface area (TPSA) is 79.5 Å². The highest BCUT2D eigenvalue weighted by molar-refractivity contribution is 5.79.